The van der Waals surface area contributed by atoms with Crippen LogP contribution in [0.5, 0.6) is 0 Å². The van der Waals surface area contributed by atoms with Crippen molar-refractivity contribution < 1.29 is 9.21 Å². The first-order chi connectivity index (χ1) is 13.1. The Balaban J connectivity index is 1.75. The van der Waals surface area contributed by atoms with Crippen LogP contribution in [-0.4, -0.2) is 10.9 Å². The maximum Gasteiger partial charge on any atom is 0.262 e. The minimum Gasteiger partial charge on any atom is -0.457 e. The second-order valence-corrected chi connectivity index (χ2v) is 6.38. The highest BCUT2D eigenvalue weighted by molar-refractivity contribution is 6.36. The number of nitrogens with zero attached hydrogens (tertiary/aromatic N) is 2. The number of carbonyl (C=O) groups is 1. The minimum atomic E-state index is -0.496. The second-order valence-electron chi connectivity index (χ2n) is 5.54. The van der Waals surface area contributed by atoms with Crippen molar-refractivity contribution in [1.29, 1.82) is 5.26 Å². The molecular weight excluding hydrogens is 385 g/mol. The van der Waals surface area contributed by atoms with Crippen LogP contribution in [-0.2, 0) is 11.3 Å². The molecule has 0 unspecified atom stereocenters. The molecule has 0 fully saturated rings. The molecule has 0 aliphatic rings. The van der Waals surface area contributed by atoms with Gasteiger partial charge in [-0.2, -0.15) is 5.26 Å². The van der Waals surface area contributed by atoms with Gasteiger partial charge in [0.15, 0.2) is 0 Å². The zero-order chi connectivity index (χ0) is 19.2. The first kappa shape index (κ1) is 18.7. The SMILES string of the molecule is N#C/C(=C\c1ccc(-c2ccc(Cl)cc2Cl)o1)C(=O)NCc1cccnc1. The van der Waals surface area contributed by atoms with Gasteiger partial charge in [-0.1, -0.05) is 29.3 Å². The monoisotopic (exact) mass is 397 g/mol. The van der Waals surface area contributed by atoms with Crippen LogP contribution in [0.2, 0.25) is 10.0 Å². The molecule has 134 valence electrons. The van der Waals surface area contributed by atoms with Crippen molar-refractivity contribution >= 4 is 35.2 Å². The summed E-state index contributed by atoms with van der Waals surface area (Å²) in [5.74, 6) is 0.379. The Morgan fingerprint density at radius 1 is 1.26 bits per heavy atom. The lowest BCUT2D eigenvalue weighted by Crippen LogP contribution is -2.23. The van der Waals surface area contributed by atoms with Gasteiger partial charge in [0, 0.05) is 35.6 Å². The Morgan fingerprint density at radius 3 is 2.81 bits per heavy atom. The van der Waals surface area contributed by atoms with Crippen molar-refractivity contribution in [2.75, 3.05) is 0 Å². The zero-order valence-electron chi connectivity index (χ0n) is 13.9. The first-order valence-corrected chi connectivity index (χ1v) is 8.66. The number of nitriles is 1. The van der Waals surface area contributed by atoms with Gasteiger partial charge >= 0.3 is 0 Å². The standard InChI is InChI=1S/C20H13Cl2N3O2/c21-15-3-5-17(18(22)9-15)19-6-4-16(27-19)8-14(10-23)20(26)25-12-13-2-1-7-24-11-13/h1-9,11H,12H2,(H,25,26)/b14-8+. The van der Waals surface area contributed by atoms with Crippen LogP contribution < -0.4 is 5.32 Å². The predicted molar refractivity (Wildman–Crippen MR) is 104 cm³/mol. The zero-order valence-corrected chi connectivity index (χ0v) is 15.5. The number of halogens is 2. The van der Waals surface area contributed by atoms with E-state index >= 15 is 0 Å². The van der Waals surface area contributed by atoms with Gasteiger partial charge in [0.1, 0.15) is 23.2 Å². The molecule has 0 atom stereocenters. The maximum atomic E-state index is 12.2. The summed E-state index contributed by atoms with van der Waals surface area (Å²) in [6.07, 6.45) is 4.67. The van der Waals surface area contributed by atoms with Crippen LogP contribution in [0.15, 0.2) is 64.8 Å². The van der Waals surface area contributed by atoms with Gasteiger partial charge in [0.05, 0.1) is 5.02 Å². The van der Waals surface area contributed by atoms with Crippen LogP contribution in [0.3, 0.4) is 0 Å². The number of furan rings is 1. The van der Waals surface area contributed by atoms with Crippen molar-refractivity contribution in [2.24, 2.45) is 0 Å². The van der Waals surface area contributed by atoms with E-state index in [1.165, 1.54) is 6.08 Å². The molecule has 0 saturated heterocycles. The molecule has 3 aromatic rings. The van der Waals surface area contributed by atoms with E-state index in [0.717, 1.165) is 5.56 Å². The number of rotatable bonds is 5. The summed E-state index contributed by atoms with van der Waals surface area (Å²) in [7, 11) is 0. The van der Waals surface area contributed by atoms with E-state index in [1.807, 2.05) is 12.1 Å². The van der Waals surface area contributed by atoms with Crippen molar-refractivity contribution in [3.8, 4) is 17.4 Å². The normalized spacial score (nSPS) is 11.1. The lowest BCUT2D eigenvalue weighted by Gasteiger charge is -2.03. The number of benzene rings is 1. The third-order valence-electron chi connectivity index (χ3n) is 3.65. The first-order valence-electron chi connectivity index (χ1n) is 7.91. The van der Waals surface area contributed by atoms with Crippen molar-refractivity contribution in [3.05, 3.63) is 81.8 Å². The average molecular weight is 398 g/mol. The molecule has 2 heterocycles. The number of pyridine rings is 1. The molecule has 0 aliphatic heterocycles. The molecule has 5 nitrogen and oxygen atoms in total. The Bertz CT molecular complexity index is 1040. The van der Waals surface area contributed by atoms with E-state index < -0.39 is 5.91 Å². The molecule has 0 saturated carbocycles. The number of carbonyl (C=O) groups excluding carboxylic acids is 1. The molecule has 1 aromatic carbocycles. The fourth-order valence-electron chi connectivity index (χ4n) is 2.34. The van der Waals surface area contributed by atoms with E-state index in [-0.39, 0.29) is 12.1 Å². The molecule has 0 bridgehead atoms. The molecule has 2 aromatic heterocycles. The van der Waals surface area contributed by atoms with Crippen LogP contribution in [0, 0.1) is 11.3 Å². The van der Waals surface area contributed by atoms with E-state index in [0.29, 0.717) is 27.1 Å². The van der Waals surface area contributed by atoms with Gasteiger partial charge in [0.2, 0.25) is 0 Å². The summed E-state index contributed by atoms with van der Waals surface area (Å²) < 4.78 is 5.69. The molecule has 0 radical (unpaired) electrons. The fraction of sp³-hybridized carbons (Fsp3) is 0.0500. The smallest absolute Gasteiger partial charge is 0.262 e. The minimum absolute atomic E-state index is 0.0676. The number of aromatic nitrogens is 1. The molecule has 0 spiro atoms. The number of hydrogen-bond donors (Lipinski definition) is 1. The predicted octanol–water partition coefficient (Wildman–Crippen LogP) is 4.87. The van der Waals surface area contributed by atoms with E-state index in [1.54, 1.807) is 48.8 Å². The summed E-state index contributed by atoms with van der Waals surface area (Å²) in [6, 6.07) is 13.9. The molecular formula is C20H13Cl2N3O2. The Kier molecular flexibility index (Phi) is 5.92. The van der Waals surface area contributed by atoms with Gasteiger partial charge in [-0.05, 0) is 42.0 Å². The molecule has 7 heteroatoms. The lowest BCUT2D eigenvalue weighted by atomic mass is 10.2. The lowest BCUT2D eigenvalue weighted by molar-refractivity contribution is -0.117. The van der Waals surface area contributed by atoms with Crippen LogP contribution in [0.1, 0.15) is 11.3 Å². The van der Waals surface area contributed by atoms with Crippen LogP contribution in [0.25, 0.3) is 17.4 Å². The number of nitrogens with one attached hydrogen (secondary N) is 1. The van der Waals surface area contributed by atoms with Gasteiger partial charge in [0.25, 0.3) is 5.91 Å². The van der Waals surface area contributed by atoms with Crippen LogP contribution in [0.4, 0.5) is 0 Å². The summed E-state index contributed by atoms with van der Waals surface area (Å²) in [4.78, 5) is 16.2. The van der Waals surface area contributed by atoms with E-state index in [4.69, 9.17) is 27.6 Å². The molecule has 27 heavy (non-hydrogen) atoms. The quantitative estimate of drug-likeness (QED) is 0.491. The number of amides is 1. The average Bonchev–Trinajstić information content (AvgIpc) is 3.13. The van der Waals surface area contributed by atoms with Gasteiger partial charge in [-0.25, -0.2) is 0 Å². The van der Waals surface area contributed by atoms with Crippen molar-refractivity contribution in [1.82, 2.24) is 10.3 Å². The van der Waals surface area contributed by atoms with Crippen molar-refractivity contribution in [2.45, 2.75) is 6.54 Å². The van der Waals surface area contributed by atoms with Gasteiger partial charge < -0.3 is 9.73 Å². The largest absolute Gasteiger partial charge is 0.457 e. The highest BCUT2D eigenvalue weighted by atomic mass is 35.5. The maximum absolute atomic E-state index is 12.2. The summed E-state index contributed by atoms with van der Waals surface area (Å²) in [5, 5.41) is 12.9. The summed E-state index contributed by atoms with van der Waals surface area (Å²) in [6.45, 7) is 0.273. The number of hydrogen-bond acceptors (Lipinski definition) is 4. The molecule has 1 N–H and O–H groups in total. The second kappa shape index (κ2) is 8.54. The summed E-state index contributed by atoms with van der Waals surface area (Å²) >= 11 is 12.1. The van der Waals surface area contributed by atoms with Gasteiger partial charge in [-0.3, -0.25) is 9.78 Å². The van der Waals surface area contributed by atoms with Crippen molar-refractivity contribution in [3.63, 3.8) is 0 Å². The Morgan fingerprint density at radius 2 is 2.11 bits per heavy atom. The third kappa shape index (κ3) is 4.76. The third-order valence-corrected chi connectivity index (χ3v) is 4.20. The van der Waals surface area contributed by atoms with E-state index in [2.05, 4.69) is 10.3 Å². The molecule has 3 rings (SSSR count). The fourth-order valence-corrected chi connectivity index (χ4v) is 2.84. The van der Waals surface area contributed by atoms with E-state index in [9.17, 15) is 10.1 Å². The van der Waals surface area contributed by atoms with Gasteiger partial charge in [-0.15, -0.1) is 0 Å². The Hall–Kier alpha value is -3.07. The van der Waals surface area contributed by atoms with Crippen LogP contribution >= 0.6 is 23.2 Å². The molecule has 1 amide bonds. The highest BCUT2D eigenvalue weighted by Gasteiger charge is 2.12. The summed E-state index contributed by atoms with van der Waals surface area (Å²) in [5.41, 5.74) is 1.43. The Labute approximate surface area is 165 Å². The highest BCUT2D eigenvalue weighted by Crippen LogP contribution is 2.31. The topological polar surface area (TPSA) is 78.9 Å². The molecule has 0 aliphatic carbocycles.